The summed E-state index contributed by atoms with van der Waals surface area (Å²) in [5.41, 5.74) is 1.64. The van der Waals surface area contributed by atoms with Crippen LogP contribution in [-0.2, 0) is 12.0 Å². The Bertz CT molecular complexity index is 449. The summed E-state index contributed by atoms with van der Waals surface area (Å²) in [6.07, 6.45) is 5.29. The molecule has 2 atom stereocenters. The van der Waals surface area contributed by atoms with Crippen LogP contribution >= 0.6 is 0 Å². The van der Waals surface area contributed by atoms with E-state index in [2.05, 4.69) is 51.9 Å². The van der Waals surface area contributed by atoms with Crippen LogP contribution in [0.3, 0.4) is 0 Å². The van der Waals surface area contributed by atoms with Crippen molar-refractivity contribution in [1.82, 2.24) is 24.7 Å². The van der Waals surface area contributed by atoms with Crippen LogP contribution < -0.4 is 5.32 Å². The highest BCUT2D eigenvalue weighted by molar-refractivity contribution is 5.17. The van der Waals surface area contributed by atoms with Crippen molar-refractivity contribution in [2.24, 2.45) is 0 Å². The summed E-state index contributed by atoms with van der Waals surface area (Å²) in [5.74, 6) is 0. The number of hydrogen-bond donors (Lipinski definition) is 1. The fourth-order valence-corrected chi connectivity index (χ4v) is 3.53. The Kier molecular flexibility index (Phi) is 3.84. The predicted molar refractivity (Wildman–Crippen MR) is 81.0 cm³/mol. The summed E-state index contributed by atoms with van der Waals surface area (Å²) >= 11 is 0. The molecule has 5 heteroatoms. The van der Waals surface area contributed by atoms with Crippen LogP contribution in [0.15, 0.2) is 12.5 Å². The third kappa shape index (κ3) is 2.62. The Morgan fingerprint density at radius 2 is 2.25 bits per heavy atom. The number of aromatic nitrogens is 2. The largest absolute Gasteiger partial charge is 0.332 e. The van der Waals surface area contributed by atoms with E-state index in [9.17, 15) is 0 Å². The molecule has 3 rings (SSSR count). The van der Waals surface area contributed by atoms with E-state index in [4.69, 9.17) is 0 Å². The molecule has 2 aliphatic heterocycles. The van der Waals surface area contributed by atoms with E-state index in [1.165, 1.54) is 18.7 Å². The molecule has 0 saturated carbocycles. The summed E-state index contributed by atoms with van der Waals surface area (Å²) in [4.78, 5) is 9.34. The fourth-order valence-electron chi connectivity index (χ4n) is 3.53. The van der Waals surface area contributed by atoms with Gasteiger partial charge in [-0.15, -0.1) is 0 Å². The third-order valence-corrected chi connectivity index (χ3v) is 5.09. The molecular formula is C15H27N5. The third-order valence-electron chi connectivity index (χ3n) is 5.09. The van der Waals surface area contributed by atoms with E-state index in [0.29, 0.717) is 6.04 Å². The van der Waals surface area contributed by atoms with Crippen LogP contribution in [-0.4, -0.2) is 72.2 Å². The molecule has 1 N–H and O–H groups in total. The predicted octanol–water partition coefficient (Wildman–Crippen LogP) is 0.380. The minimum absolute atomic E-state index is 0.246. The Morgan fingerprint density at radius 3 is 3.00 bits per heavy atom. The molecule has 0 bridgehead atoms. The van der Waals surface area contributed by atoms with Gasteiger partial charge in [0.05, 0.1) is 6.33 Å². The molecule has 0 aliphatic carbocycles. The van der Waals surface area contributed by atoms with Crippen LogP contribution in [0.25, 0.3) is 0 Å². The Morgan fingerprint density at radius 1 is 1.40 bits per heavy atom. The van der Waals surface area contributed by atoms with Crippen molar-refractivity contribution >= 4 is 0 Å². The van der Waals surface area contributed by atoms with Gasteiger partial charge in [-0.05, 0) is 27.1 Å². The second kappa shape index (κ2) is 5.47. The summed E-state index contributed by atoms with van der Waals surface area (Å²) < 4.78 is 2.38. The smallest absolute Gasteiger partial charge is 0.0948 e. The Labute approximate surface area is 122 Å². The Hall–Kier alpha value is -0.910. The Balaban J connectivity index is 1.76. The lowest BCUT2D eigenvalue weighted by Crippen LogP contribution is -2.51. The van der Waals surface area contributed by atoms with Crippen LogP contribution in [0.1, 0.15) is 19.0 Å². The second-order valence-corrected chi connectivity index (χ2v) is 6.82. The lowest BCUT2D eigenvalue weighted by atomic mass is 9.86. The summed E-state index contributed by atoms with van der Waals surface area (Å²) in [6, 6.07) is 0.583. The average molecular weight is 277 g/mol. The monoisotopic (exact) mass is 277 g/mol. The molecule has 0 amide bonds. The van der Waals surface area contributed by atoms with Crippen molar-refractivity contribution < 1.29 is 0 Å². The van der Waals surface area contributed by atoms with Gasteiger partial charge in [0.25, 0.3) is 0 Å². The highest BCUT2D eigenvalue weighted by Gasteiger charge is 2.34. The lowest BCUT2D eigenvalue weighted by Gasteiger charge is -2.38. The summed E-state index contributed by atoms with van der Waals surface area (Å²) in [6.45, 7) is 9.06. The minimum atomic E-state index is 0.246. The zero-order chi connectivity index (χ0) is 14.2. The molecule has 2 fully saturated rings. The SMILES string of the molecule is CN1CCN(C)C(Cn2cncc2C2(C)CCNC2)C1. The molecule has 0 aromatic carbocycles. The van der Waals surface area contributed by atoms with Gasteiger partial charge in [0.2, 0.25) is 0 Å². The number of hydrogen-bond acceptors (Lipinski definition) is 4. The van der Waals surface area contributed by atoms with Gasteiger partial charge in [-0.1, -0.05) is 6.92 Å². The molecule has 2 unspecified atom stereocenters. The lowest BCUT2D eigenvalue weighted by molar-refractivity contribution is 0.102. The first-order valence-corrected chi connectivity index (χ1v) is 7.69. The summed E-state index contributed by atoms with van der Waals surface area (Å²) in [5, 5.41) is 3.49. The quantitative estimate of drug-likeness (QED) is 0.866. The van der Waals surface area contributed by atoms with E-state index < -0.39 is 0 Å². The first kappa shape index (κ1) is 14.0. The van der Waals surface area contributed by atoms with E-state index >= 15 is 0 Å². The van der Waals surface area contributed by atoms with Gasteiger partial charge in [0, 0.05) is 56.1 Å². The van der Waals surface area contributed by atoms with Gasteiger partial charge in [0.1, 0.15) is 0 Å². The molecule has 1 aromatic rings. The van der Waals surface area contributed by atoms with Gasteiger partial charge >= 0.3 is 0 Å². The number of piperazine rings is 1. The molecule has 2 saturated heterocycles. The van der Waals surface area contributed by atoms with Crippen molar-refractivity contribution in [2.45, 2.75) is 31.3 Å². The van der Waals surface area contributed by atoms with Gasteiger partial charge in [-0.2, -0.15) is 0 Å². The maximum absolute atomic E-state index is 4.42. The fraction of sp³-hybridized carbons (Fsp3) is 0.800. The number of nitrogens with one attached hydrogen (secondary N) is 1. The van der Waals surface area contributed by atoms with Crippen molar-refractivity contribution in [2.75, 3.05) is 46.8 Å². The highest BCUT2D eigenvalue weighted by atomic mass is 15.3. The molecule has 5 nitrogen and oxygen atoms in total. The highest BCUT2D eigenvalue weighted by Crippen LogP contribution is 2.30. The van der Waals surface area contributed by atoms with E-state index in [0.717, 1.165) is 32.7 Å². The van der Waals surface area contributed by atoms with Gasteiger partial charge in [-0.25, -0.2) is 4.98 Å². The molecule has 112 valence electrons. The maximum Gasteiger partial charge on any atom is 0.0948 e. The first-order chi connectivity index (χ1) is 9.58. The second-order valence-electron chi connectivity index (χ2n) is 6.82. The van der Waals surface area contributed by atoms with Gasteiger partial charge < -0.3 is 14.8 Å². The number of likely N-dealkylation sites (N-methyl/N-ethyl adjacent to an activating group) is 2. The first-order valence-electron chi connectivity index (χ1n) is 7.69. The number of rotatable bonds is 3. The molecule has 3 heterocycles. The van der Waals surface area contributed by atoms with Crippen molar-refractivity contribution in [3.63, 3.8) is 0 Å². The van der Waals surface area contributed by atoms with Crippen molar-refractivity contribution in [3.8, 4) is 0 Å². The van der Waals surface area contributed by atoms with E-state index in [1.54, 1.807) is 0 Å². The van der Waals surface area contributed by atoms with E-state index in [1.807, 2.05) is 6.33 Å². The maximum atomic E-state index is 4.42. The topological polar surface area (TPSA) is 36.3 Å². The zero-order valence-electron chi connectivity index (χ0n) is 13.0. The molecular weight excluding hydrogens is 250 g/mol. The zero-order valence-corrected chi connectivity index (χ0v) is 13.0. The van der Waals surface area contributed by atoms with Gasteiger partial charge in [0.15, 0.2) is 0 Å². The van der Waals surface area contributed by atoms with Crippen LogP contribution in [0.4, 0.5) is 0 Å². The molecule has 2 aliphatic rings. The molecule has 0 radical (unpaired) electrons. The van der Waals surface area contributed by atoms with Crippen LogP contribution in [0.5, 0.6) is 0 Å². The molecule has 20 heavy (non-hydrogen) atoms. The average Bonchev–Trinajstić information content (AvgIpc) is 3.04. The number of nitrogens with zero attached hydrogens (tertiary/aromatic N) is 4. The van der Waals surface area contributed by atoms with Crippen molar-refractivity contribution in [3.05, 3.63) is 18.2 Å². The van der Waals surface area contributed by atoms with Crippen LogP contribution in [0, 0.1) is 0 Å². The van der Waals surface area contributed by atoms with Gasteiger partial charge in [-0.3, -0.25) is 4.90 Å². The normalized spacial score (nSPS) is 32.9. The standard InChI is InChI=1S/C15H27N5/c1-15(4-5-16-11-15)14-8-17-12-20(14)10-13-9-18(2)6-7-19(13)3/h8,12-13,16H,4-7,9-11H2,1-3H3. The van der Waals surface area contributed by atoms with Crippen LogP contribution in [0.2, 0.25) is 0 Å². The van der Waals surface area contributed by atoms with E-state index in [-0.39, 0.29) is 5.41 Å². The minimum Gasteiger partial charge on any atom is -0.332 e. The number of imidazole rings is 1. The van der Waals surface area contributed by atoms with Crippen molar-refractivity contribution in [1.29, 1.82) is 0 Å². The summed E-state index contributed by atoms with van der Waals surface area (Å²) in [7, 11) is 4.46. The molecule has 0 spiro atoms. The molecule has 1 aromatic heterocycles.